The van der Waals surface area contributed by atoms with Crippen LogP contribution >= 0.6 is 0 Å². The quantitative estimate of drug-likeness (QED) is 0.892. The standard InChI is InChI=1S/C13H16N4O2/c1-3-6-9(2)17-12(10-7-4-5-8-14-10)11(13(18)19)15-16-17/h4-5,7-9H,3,6H2,1-2H3,(H,18,19). The Kier molecular flexibility index (Phi) is 3.89. The molecule has 6 nitrogen and oxygen atoms in total. The van der Waals surface area contributed by atoms with Crippen molar-refractivity contribution < 1.29 is 9.90 Å². The van der Waals surface area contributed by atoms with Gasteiger partial charge in [-0.05, 0) is 25.5 Å². The van der Waals surface area contributed by atoms with Gasteiger partial charge in [-0.15, -0.1) is 5.10 Å². The summed E-state index contributed by atoms with van der Waals surface area (Å²) in [5.41, 5.74) is 0.989. The summed E-state index contributed by atoms with van der Waals surface area (Å²) in [5.74, 6) is -1.09. The van der Waals surface area contributed by atoms with E-state index >= 15 is 0 Å². The summed E-state index contributed by atoms with van der Waals surface area (Å²) in [7, 11) is 0. The Morgan fingerprint density at radius 1 is 1.47 bits per heavy atom. The monoisotopic (exact) mass is 260 g/mol. The Bertz CT molecular complexity index is 565. The van der Waals surface area contributed by atoms with E-state index in [-0.39, 0.29) is 11.7 Å². The van der Waals surface area contributed by atoms with E-state index < -0.39 is 5.97 Å². The van der Waals surface area contributed by atoms with Gasteiger partial charge < -0.3 is 5.11 Å². The zero-order valence-corrected chi connectivity index (χ0v) is 10.9. The zero-order chi connectivity index (χ0) is 13.8. The summed E-state index contributed by atoms with van der Waals surface area (Å²) in [5, 5.41) is 17.0. The number of nitrogens with zero attached hydrogens (tertiary/aromatic N) is 4. The molecular weight excluding hydrogens is 244 g/mol. The first-order valence-electron chi connectivity index (χ1n) is 6.25. The van der Waals surface area contributed by atoms with Gasteiger partial charge >= 0.3 is 5.97 Å². The minimum absolute atomic E-state index is 0.0540. The maximum absolute atomic E-state index is 11.2. The highest BCUT2D eigenvalue weighted by Gasteiger charge is 2.23. The first kappa shape index (κ1) is 13.2. The first-order chi connectivity index (χ1) is 9.15. The van der Waals surface area contributed by atoms with Gasteiger partial charge in [-0.2, -0.15) is 0 Å². The van der Waals surface area contributed by atoms with Crippen LogP contribution in [0.3, 0.4) is 0 Å². The van der Waals surface area contributed by atoms with Gasteiger partial charge in [-0.1, -0.05) is 24.6 Å². The van der Waals surface area contributed by atoms with Crippen LogP contribution in [0.5, 0.6) is 0 Å². The van der Waals surface area contributed by atoms with Crippen LogP contribution in [-0.4, -0.2) is 31.1 Å². The molecule has 0 amide bonds. The molecule has 2 rings (SSSR count). The second-order valence-electron chi connectivity index (χ2n) is 4.39. The Labute approximate surface area is 111 Å². The lowest BCUT2D eigenvalue weighted by Crippen LogP contribution is -2.10. The summed E-state index contributed by atoms with van der Waals surface area (Å²) in [4.78, 5) is 15.4. The number of carbonyl (C=O) groups is 1. The predicted octanol–water partition coefficient (Wildman–Crippen LogP) is 2.40. The summed E-state index contributed by atoms with van der Waals surface area (Å²) in [6, 6.07) is 5.45. The molecule has 0 aromatic carbocycles. The third kappa shape index (κ3) is 2.62. The number of carboxylic acids is 1. The van der Waals surface area contributed by atoms with Gasteiger partial charge in [-0.3, -0.25) is 4.98 Å². The third-order valence-corrected chi connectivity index (χ3v) is 2.93. The van der Waals surface area contributed by atoms with E-state index in [2.05, 4.69) is 22.2 Å². The van der Waals surface area contributed by atoms with Crippen molar-refractivity contribution in [3.05, 3.63) is 30.1 Å². The van der Waals surface area contributed by atoms with Crippen molar-refractivity contribution >= 4 is 5.97 Å². The molecule has 0 radical (unpaired) electrons. The maximum atomic E-state index is 11.2. The molecule has 1 atom stereocenters. The van der Waals surface area contributed by atoms with Crippen LogP contribution in [0.2, 0.25) is 0 Å². The average Bonchev–Trinajstić information content (AvgIpc) is 2.85. The molecule has 19 heavy (non-hydrogen) atoms. The van der Waals surface area contributed by atoms with E-state index in [9.17, 15) is 9.90 Å². The van der Waals surface area contributed by atoms with Crippen molar-refractivity contribution in [3.8, 4) is 11.4 Å². The van der Waals surface area contributed by atoms with Gasteiger partial charge in [0.15, 0.2) is 5.69 Å². The van der Waals surface area contributed by atoms with E-state index in [0.717, 1.165) is 12.8 Å². The minimum atomic E-state index is -1.09. The summed E-state index contributed by atoms with van der Waals surface area (Å²) in [6.45, 7) is 4.07. The first-order valence-corrected chi connectivity index (χ1v) is 6.25. The number of rotatable bonds is 5. The van der Waals surface area contributed by atoms with E-state index in [1.807, 2.05) is 13.0 Å². The molecule has 100 valence electrons. The molecule has 0 spiro atoms. The third-order valence-electron chi connectivity index (χ3n) is 2.93. The van der Waals surface area contributed by atoms with Crippen LogP contribution in [-0.2, 0) is 0 Å². The summed E-state index contributed by atoms with van der Waals surface area (Å²) >= 11 is 0. The Balaban J connectivity index is 2.54. The highest BCUT2D eigenvalue weighted by molar-refractivity contribution is 5.92. The Hall–Kier alpha value is -2.24. The summed E-state index contributed by atoms with van der Waals surface area (Å²) < 4.78 is 1.65. The fourth-order valence-corrected chi connectivity index (χ4v) is 2.03. The molecule has 0 aliphatic heterocycles. The maximum Gasteiger partial charge on any atom is 0.358 e. The fourth-order valence-electron chi connectivity index (χ4n) is 2.03. The Morgan fingerprint density at radius 3 is 2.84 bits per heavy atom. The van der Waals surface area contributed by atoms with Gasteiger partial charge in [0.2, 0.25) is 0 Å². The van der Waals surface area contributed by atoms with Gasteiger partial charge in [-0.25, -0.2) is 9.48 Å². The number of aromatic carboxylic acids is 1. The van der Waals surface area contributed by atoms with Crippen molar-refractivity contribution in [1.29, 1.82) is 0 Å². The predicted molar refractivity (Wildman–Crippen MR) is 69.8 cm³/mol. The topological polar surface area (TPSA) is 80.9 Å². The van der Waals surface area contributed by atoms with Crippen molar-refractivity contribution in [2.75, 3.05) is 0 Å². The van der Waals surface area contributed by atoms with Crippen LogP contribution in [0.25, 0.3) is 11.4 Å². The minimum Gasteiger partial charge on any atom is -0.476 e. The lowest BCUT2D eigenvalue weighted by atomic mass is 10.1. The van der Waals surface area contributed by atoms with E-state index in [1.165, 1.54) is 0 Å². The smallest absolute Gasteiger partial charge is 0.358 e. The number of hydrogen-bond donors (Lipinski definition) is 1. The Morgan fingerprint density at radius 2 is 2.26 bits per heavy atom. The van der Waals surface area contributed by atoms with Crippen molar-refractivity contribution in [1.82, 2.24) is 20.0 Å². The summed E-state index contributed by atoms with van der Waals surface area (Å²) in [6.07, 6.45) is 3.52. The molecule has 0 saturated carbocycles. The normalized spacial score (nSPS) is 12.3. The molecule has 1 N–H and O–H groups in total. The molecule has 0 aliphatic rings. The molecule has 0 bridgehead atoms. The molecule has 0 aliphatic carbocycles. The lowest BCUT2D eigenvalue weighted by molar-refractivity contribution is 0.0691. The fraction of sp³-hybridized carbons (Fsp3) is 0.385. The largest absolute Gasteiger partial charge is 0.476 e. The van der Waals surface area contributed by atoms with Gasteiger partial charge in [0, 0.05) is 6.20 Å². The number of pyridine rings is 1. The van der Waals surface area contributed by atoms with Crippen LogP contribution in [0.1, 0.15) is 43.2 Å². The zero-order valence-electron chi connectivity index (χ0n) is 10.9. The molecular formula is C13H16N4O2. The lowest BCUT2D eigenvalue weighted by Gasteiger charge is -2.13. The van der Waals surface area contributed by atoms with Gasteiger partial charge in [0.1, 0.15) is 5.69 Å². The SMILES string of the molecule is CCCC(C)n1nnc(C(=O)O)c1-c1ccccn1. The van der Waals surface area contributed by atoms with Crippen LogP contribution in [0, 0.1) is 0 Å². The highest BCUT2D eigenvalue weighted by atomic mass is 16.4. The second kappa shape index (κ2) is 5.60. The van der Waals surface area contributed by atoms with Crippen LogP contribution in [0.15, 0.2) is 24.4 Å². The highest BCUT2D eigenvalue weighted by Crippen LogP contribution is 2.25. The molecule has 1 unspecified atom stereocenters. The molecule has 0 fully saturated rings. The van der Waals surface area contributed by atoms with Crippen molar-refractivity contribution in [2.24, 2.45) is 0 Å². The van der Waals surface area contributed by atoms with E-state index in [1.54, 1.807) is 23.0 Å². The van der Waals surface area contributed by atoms with Crippen LogP contribution < -0.4 is 0 Å². The number of aromatic nitrogens is 4. The molecule has 6 heteroatoms. The number of hydrogen-bond acceptors (Lipinski definition) is 4. The molecule has 2 aromatic rings. The van der Waals surface area contributed by atoms with Gasteiger partial charge in [0.05, 0.1) is 11.7 Å². The average molecular weight is 260 g/mol. The van der Waals surface area contributed by atoms with Gasteiger partial charge in [0.25, 0.3) is 0 Å². The van der Waals surface area contributed by atoms with Crippen molar-refractivity contribution in [3.63, 3.8) is 0 Å². The number of carboxylic acid groups (broad SMARTS) is 1. The van der Waals surface area contributed by atoms with Crippen LogP contribution in [0.4, 0.5) is 0 Å². The van der Waals surface area contributed by atoms with E-state index in [4.69, 9.17) is 0 Å². The molecule has 2 heterocycles. The molecule has 0 saturated heterocycles. The second-order valence-corrected chi connectivity index (χ2v) is 4.39. The van der Waals surface area contributed by atoms with E-state index in [0.29, 0.717) is 11.4 Å². The molecule has 2 aromatic heterocycles. The van der Waals surface area contributed by atoms with Crippen molar-refractivity contribution in [2.45, 2.75) is 32.7 Å².